The molecule has 0 saturated carbocycles. The highest BCUT2D eigenvalue weighted by atomic mass is 16.5. The fourth-order valence-electron chi connectivity index (χ4n) is 1.71. The Morgan fingerprint density at radius 1 is 1.32 bits per heavy atom. The number of carbonyl (C=O) groups is 1. The first-order chi connectivity index (χ1) is 9.08. The minimum Gasteiger partial charge on any atom is -0.361 e. The van der Waals surface area contributed by atoms with Gasteiger partial charge in [0.15, 0.2) is 5.82 Å². The third-order valence-electron chi connectivity index (χ3n) is 2.64. The molecule has 0 aliphatic carbocycles. The van der Waals surface area contributed by atoms with Crippen LogP contribution in [0.25, 0.3) is 0 Å². The van der Waals surface area contributed by atoms with Gasteiger partial charge < -0.3 is 13.9 Å². The summed E-state index contributed by atoms with van der Waals surface area (Å²) in [5, 5.41) is 7.54. The van der Waals surface area contributed by atoms with Crippen molar-refractivity contribution in [2.24, 2.45) is 0 Å². The second-order valence-corrected chi connectivity index (χ2v) is 4.25. The van der Waals surface area contributed by atoms with Gasteiger partial charge in [-0.1, -0.05) is 10.3 Å². The quantitative estimate of drug-likeness (QED) is 0.808. The van der Waals surface area contributed by atoms with Crippen LogP contribution in [0.1, 0.15) is 30.1 Å². The summed E-state index contributed by atoms with van der Waals surface area (Å²) in [7, 11) is 0. The van der Waals surface area contributed by atoms with E-state index in [-0.39, 0.29) is 12.3 Å². The number of carbonyl (C=O) groups excluding carboxylic acids is 1. The standard InChI is InChI=1S/C12H16N4O3/c1-4-16(7-11-13-9(3)18-15-11)12(17)6-10-5-8(2)14-19-10/h5H,4,6-7H2,1-3H3. The number of nitrogens with zero attached hydrogens (tertiary/aromatic N) is 4. The Balaban J connectivity index is 1.98. The van der Waals surface area contributed by atoms with Gasteiger partial charge in [0.25, 0.3) is 0 Å². The van der Waals surface area contributed by atoms with Gasteiger partial charge >= 0.3 is 0 Å². The first kappa shape index (κ1) is 13.3. The summed E-state index contributed by atoms with van der Waals surface area (Å²) in [5.41, 5.74) is 0.764. The van der Waals surface area contributed by atoms with E-state index >= 15 is 0 Å². The van der Waals surface area contributed by atoms with E-state index in [1.165, 1.54) is 0 Å². The Morgan fingerprint density at radius 3 is 2.63 bits per heavy atom. The van der Waals surface area contributed by atoms with E-state index in [9.17, 15) is 4.79 Å². The van der Waals surface area contributed by atoms with Crippen molar-refractivity contribution in [3.63, 3.8) is 0 Å². The highest BCUT2D eigenvalue weighted by Gasteiger charge is 2.17. The predicted molar refractivity (Wildman–Crippen MR) is 65.1 cm³/mol. The molecule has 0 aliphatic heterocycles. The van der Waals surface area contributed by atoms with Crippen LogP contribution in [0.5, 0.6) is 0 Å². The monoisotopic (exact) mass is 264 g/mol. The Morgan fingerprint density at radius 2 is 2.11 bits per heavy atom. The SMILES string of the molecule is CCN(Cc1noc(C)n1)C(=O)Cc1cc(C)no1. The fourth-order valence-corrected chi connectivity index (χ4v) is 1.71. The summed E-state index contributed by atoms with van der Waals surface area (Å²) in [6.45, 7) is 6.33. The van der Waals surface area contributed by atoms with E-state index < -0.39 is 0 Å². The lowest BCUT2D eigenvalue weighted by atomic mass is 10.2. The summed E-state index contributed by atoms with van der Waals surface area (Å²) in [6.07, 6.45) is 0.186. The first-order valence-electron chi connectivity index (χ1n) is 6.07. The molecule has 0 spiro atoms. The van der Waals surface area contributed by atoms with Crippen LogP contribution >= 0.6 is 0 Å². The van der Waals surface area contributed by atoms with Crippen LogP contribution in [0.4, 0.5) is 0 Å². The molecule has 0 unspecified atom stereocenters. The van der Waals surface area contributed by atoms with E-state index in [1.54, 1.807) is 17.9 Å². The van der Waals surface area contributed by atoms with Gasteiger partial charge in [0, 0.05) is 19.5 Å². The number of aromatic nitrogens is 3. The lowest BCUT2D eigenvalue weighted by molar-refractivity contribution is -0.131. The molecular formula is C12H16N4O3. The molecule has 0 saturated heterocycles. The highest BCUT2D eigenvalue weighted by molar-refractivity contribution is 5.78. The number of hydrogen-bond donors (Lipinski definition) is 0. The number of aryl methyl sites for hydroxylation is 2. The van der Waals surface area contributed by atoms with Crippen molar-refractivity contribution >= 4 is 5.91 Å². The van der Waals surface area contributed by atoms with Crippen LogP contribution < -0.4 is 0 Å². The van der Waals surface area contributed by atoms with Gasteiger partial charge in [0.2, 0.25) is 11.8 Å². The fraction of sp³-hybridized carbons (Fsp3) is 0.500. The Bertz CT molecular complexity index is 561. The van der Waals surface area contributed by atoms with Crippen molar-refractivity contribution in [1.82, 2.24) is 20.2 Å². The third-order valence-corrected chi connectivity index (χ3v) is 2.64. The summed E-state index contributed by atoms with van der Waals surface area (Å²) in [4.78, 5) is 17.8. The summed E-state index contributed by atoms with van der Waals surface area (Å²) in [5.74, 6) is 1.50. The van der Waals surface area contributed by atoms with Crippen molar-refractivity contribution in [3.8, 4) is 0 Å². The molecule has 7 heteroatoms. The van der Waals surface area contributed by atoms with Crippen molar-refractivity contribution < 1.29 is 13.8 Å². The Hall–Kier alpha value is -2.18. The first-order valence-corrected chi connectivity index (χ1v) is 6.07. The van der Waals surface area contributed by atoms with E-state index in [0.29, 0.717) is 30.6 Å². The summed E-state index contributed by atoms with van der Waals surface area (Å²) >= 11 is 0. The molecule has 0 radical (unpaired) electrons. The zero-order valence-electron chi connectivity index (χ0n) is 11.2. The maximum Gasteiger partial charge on any atom is 0.230 e. The minimum atomic E-state index is -0.0545. The van der Waals surface area contributed by atoms with Crippen LogP contribution in [-0.2, 0) is 17.8 Å². The summed E-state index contributed by atoms with van der Waals surface area (Å²) in [6, 6.07) is 1.75. The lowest BCUT2D eigenvalue weighted by Crippen LogP contribution is -2.31. The molecule has 0 atom stereocenters. The number of hydrogen-bond acceptors (Lipinski definition) is 6. The molecule has 102 valence electrons. The lowest BCUT2D eigenvalue weighted by Gasteiger charge is -2.18. The smallest absolute Gasteiger partial charge is 0.230 e. The Kier molecular flexibility index (Phi) is 3.94. The zero-order valence-corrected chi connectivity index (χ0v) is 11.2. The van der Waals surface area contributed by atoms with Gasteiger partial charge in [0.1, 0.15) is 5.76 Å². The van der Waals surface area contributed by atoms with Gasteiger partial charge in [0.05, 0.1) is 18.7 Å². The van der Waals surface area contributed by atoms with Gasteiger partial charge in [-0.15, -0.1) is 0 Å². The third kappa shape index (κ3) is 3.40. The maximum atomic E-state index is 12.1. The normalized spacial score (nSPS) is 10.7. The van der Waals surface area contributed by atoms with Crippen molar-refractivity contribution in [3.05, 3.63) is 29.2 Å². The molecule has 0 fully saturated rings. The number of amides is 1. The van der Waals surface area contributed by atoms with E-state index in [2.05, 4.69) is 15.3 Å². The van der Waals surface area contributed by atoms with Gasteiger partial charge in [-0.2, -0.15) is 4.98 Å². The van der Waals surface area contributed by atoms with Crippen molar-refractivity contribution in [1.29, 1.82) is 0 Å². The van der Waals surface area contributed by atoms with Crippen LogP contribution in [-0.4, -0.2) is 32.6 Å². The van der Waals surface area contributed by atoms with E-state index in [4.69, 9.17) is 9.05 Å². The number of rotatable bonds is 5. The molecule has 2 aromatic heterocycles. The molecular weight excluding hydrogens is 248 g/mol. The maximum absolute atomic E-state index is 12.1. The molecule has 2 heterocycles. The van der Waals surface area contributed by atoms with Crippen LogP contribution in [0, 0.1) is 13.8 Å². The molecule has 2 aromatic rings. The van der Waals surface area contributed by atoms with Crippen molar-refractivity contribution in [2.45, 2.75) is 33.7 Å². The summed E-state index contributed by atoms with van der Waals surface area (Å²) < 4.78 is 9.92. The topological polar surface area (TPSA) is 85.3 Å². The molecule has 0 aromatic carbocycles. The zero-order chi connectivity index (χ0) is 13.8. The van der Waals surface area contributed by atoms with Gasteiger partial charge in [-0.05, 0) is 13.8 Å². The predicted octanol–water partition coefficient (Wildman–Crippen LogP) is 1.27. The van der Waals surface area contributed by atoms with E-state index in [0.717, 1.165) is 5.69 Å². The van der Waals surface area contributed by atoms with Crippen LogP contribution in [0.3, 0.4) is 0 Å². The highest BCUT2D eigenvalue weighted by Crippen LogP contribution is 2.07. The van der Waals surface area contributed by atoms with Crippen molar-refractivity contribution in [2.75, 3.05) is 6.54 Å². The molecule has 7 nitrogen and oxygen atoms in total. The largest absolute Gasteiger partial charge is 0.361 e. The molecule has 0 bridgehead atoms. The average molecular weight is 264 g/mol. The van der Waals surface area contributed by atoms with Gasteiger partial charge in [-0.25, -0.2) is 0 Å². The van der Waals surface area contributed by atoms with Crippen LogP contribution in [0.15, 0.2) is 15.1 Å². The Labute approximate surface area is 110 Å². The minimum absolute atomic E-state index is 0.0545. The second-order valence-electron chi connectivity index (χ2n) is 4.25. The second kappa shape index (κ2) is 5.64. The molecule has 1 amide bonds. The molecule has 0 aliphatic rings. The van der Waals surface area contributed by atoms with Crippen LogP contribution in [0.2, 0.25) is 0 Å². The molecule has 0 N–H and O–H groups in total. The average Bonchev–Trinajstić information content (AvgIpc) is 2.95. The molecule has 19 heavy (non-hydrogen) atoms. The molecule has 2 rings (SSSR count). The number of likely N-dealkylation sites (N-methyl/N-ethyl adjacent to an activating group) is 1. The van der Waals surface area contributed by atoms with E-state index in [1.807, 2.05) is 13.8 Å². The van der Waals surface area contributed by atoms with Gasteiger partial charge in [-0.3, -0.25) is 4.79 Å².